The SMILES string of the molecule is CCn1ncc(Br)c1C(C)(O)c1cncc(F)c1. The number of hydrogen-bond acceptors (Lipinski definition) is 3. The van der Waals surface area contributed by atoms with Gasteiger partial charge in [0.25, 0.3) is 0 Å². The predicted octanol–water partition coefficient (Wildman–Crippen LogP) is 2.46. The molecule has 2 rings (SSSR count). The zero-order valence-corrected chi connectivity index (χ0v) is 11.6. The Balaban J connectivity index is 2.57. The van der Waals surface area contributed by atoms with Crippen LogP contribution in [0.5, 0.6) is 0 Å². The first-order valence-corrected chi connectivity index (χ1v) is 6.31. The van der Waals surface area contributed by atoms with Gasteiger partial charge in [-0.25, -0.2) is 4.39 Å². The fourth-order valence-corrected chi connectivity index (χ4v) is 2.58. The third-order valence-electron chi connectivity index (χ3n) is 2.82. The molecule has 6 heteroatoms. The highest BCUT2D eigenvalue weighted by Gasteiger charge is 2.32. The van der Waals surface area contributed by atoms with Crippen molar-refractivity contribution in [1.29, 1.82) is 0 Å². The van der Waals surface area contributed by atoms with Gasteiger partial charge in [0.15, 0.2) is 0 Å². The first-order chi connectivity index (χ1) is 8.46. The Morgan fingerprint density at radius 1 is 1.44 bits per heavy atom. The first kappa shape index (κ1) is 13.2. The molecule has 0 bridgehead atoms. The molecule has 96 valence electrons. The maximum atomic E-state index is 13.2. The van der Waals surface area contributed by atoms with Gasteiger partial charge < -0.3 is 5.11 Å². The van der Waals surface area contributed by atoms with E-state index in [1.165, 1.54) is 12.3 Å². The molecule has 0 aliphatic carbocycles. The molecular weight excluding hydrogens is 301 g/mol. The summed E-state index contributed by atoms with van der Waals surface area (Å²) >= 11 is 3.35. The number of nitrogens with zero attached hydrogens (tertiary/aromatic N) is 3. The van der Waals surface area contributed by atoms with Gasteiger partial charge in [-0.1, -0.05) is 0 Å². The van der Waals surface area contributed by atoms with Gasteiger partial charge in [0.2, 0.25) is 0 Å². The van der Waals surface area contributed by atoms with Gasteiger partial charge in [-0.05, 0) is 35.8 Å². The average molecular weight is 314 g/mol. The zero-order chi connectivity index (χ0) is 13.3. The summed E-state index contributed by atoms with van der Waals surface area (Å²) in [6.45, 7) is 4.13. The molecule has 2 aromatic rings. The number of aromatic nitrogens is 3. The minimum atomic E-state index is -1.36. The van der Waals surface area contributed by atoms with Crippen LogP contribution in [0.4, 0.5) is 4.39 Å². The summed E-state index contributed by atoms with van der Waals surface area (Å²) in [5, 5.41) is 14.8. The van der Waals surface area contributed by atoms with Gasteiger partial charge in [0.05, 0.1) is 22.6 Å². The Labute approximate surface area is 113 Å². The van der Waals surface area contributed by atoms with Gasteiger partial charge in [-0.15, -0.1) is 0 Å². The van der Waals surface area contributed by atoms with Crippen molar-refractivity contribution in [3.8, 4) is 0 Å². The largest absolute Gasteiger partial charge is 0.379 e. The van der Waals surface area contributed by atoms with Crippen molar-refractivity contribution >= 4 is 15.9 Å². The Bertz CT molecular complexity index is 568. The lowest BCUT2D eigenvalue weighted by molar-refractivity contribution is 0.0902. The van der Waals surface area contributed by atoms with Crippen molar-refractivity contribution in [3.05, 3.63) is 46.2 Å². The summed E-state index contributed by atoms with van der Waals surface area (Å²) in [5.74, 6) is -0.480. The highest BCUT2D eigenvalue weighted by molar-refractivity contribution is 9.10. The summed E-state index contributed by atoms with van der Waals surface area (Å²) in [4.78, 5) is 3.77. The van der Waals surface area contributed by atoms with Crippen molar-refractivity contribution in [3.63, 3.8) is 0 Å². The molecule has 0 saturated carbocycles. The number of halogens is 2. The van der Waals surface area contributed by atoms with E-state index in [9.17, 15) is 9.50 Å². The molecule has 0 fully saturated rings. The molecule has 4 nitrogen and oxygen atoms in total. The van der Waals surface area contributed by atoms with Crippen molar-refractivity contribution < 1.29 is 9.50 Å². The van der Waals surface area contributed by atoms with Crippen LogP contribution in [-0.4, -0.2) is 19.9 Å². The quantitative estimate of drug-likeness (QED) is 0.947. The lowest BCUT2D eigenvalue weighted by Gasteiger charge is -2.25. The van der Waals surface area contributed by atoms with Crippen molar-refractivity contribution in [2.75, 3.05) is 0 Å². The Hall–Kier alpha value is -1.27. The summed E-state index contributed by atoms with van der Waals surface area (Å²) in [5.41, 5.74) is -0.392. The van der Waals surface area contributed by atoms with Crippen LogP contribution in [0, 0.1) is 5.82 Å². The fraction of sp³-hybridized carbons (Fsp3) is 0.333. The molecule has 2 aromatic heterocycles. The maximum Gasteiger partial charge on any atom is 0.141 e. The van der Waals surface area contributed by atoms with Gasteiger partial charge >= 0.3 is 0 Å². The standard InChI is InChI=1S/C12H13BrFN3O/c1-3-17-11(10(13)7-16-17)12(2,18)8-4-9(14)6-15-5-8/h4-7,18H,3H2,1-2H3. The average Bonchev–Trinajstić information content (AvgIpc) is 2.71. The molecule has 1 unspecified atom stereocenters. The molecule has 0 radical (unpaired) electrons. The topological polar surface area (TPSA) is 50.9 Å². The minimum absolute atomic E-state index is 0.387. The Morgan fingerprint density at radius 2 is 2.17 bits per heavy atom. The van der Waals surface area contributed by atoms with Crippen LogP contribution in [0.1, 0.15) is 25.1 Å². The third-order valence-corrected chi connectivity index (χ3v) is 3.40. The monoisotopic (exact) mass is 313 g/mol. The van der Waals surface area contributed by atoms with Crippen LogP contribution in [0.15, 0.2) is 29.1 Å². The molecule has 1 N–H and O–H groups in total. The first-order valence-electron chi connectivity index (χ1n) is 5.52. The van der Waals surface area contributed by atoms with Gasteiger partial charge in [0, 0.05) is 18.3 Å². The molecule has 18 heavy (non-hydrogen) atoms. The molecule has 0 aliphatic rings. The normalized spacial score (nSPS) is 14.5. The minimum Gasteiger partial charge on any atom is -0.379 e. The van der Waals surface area contributed by atoms with Crippen LogP contribution in [0.25, 0.3) is 0 Å². The molecular formula is C12H13BrFN3O. The van der Waals surface area contributed by atoms with Gasteiger partial charge in [-0.2, -0.15) is 5.10 Å². The smallest absolute Gasteiger partial charge is 0.141 e. The van der Waals surface area contributed by atoms with Crippen LogP contribution < -0.4 is 0 Å². The summed E-state index contributed by atoms with van der Waals surface area (Å²) in [6, 6.07) is 1.27. The molecule has 0 aliphatic heterocycles. The van der Waals surface area contributed by atoms with Crippen LogP contribution in [0.3, 0.4) is 0 Å². The maximum absolute atomic E-state index is 13.2. The Kier molecular flexibility index (Phi) is 3.49. The number of aryl methyl sites for hydroxylation is 1. The number of pyridine rings is 1. The molecule has 0 aromatic carbocycles. The van der Waals surface area contributed by atoms with Gasteiger partial charge in [0.1, 0.15) is 11.4 Å². The predicted molar refractivity (Wildman–Crippen MR) is 68.5 cm³/mol. The molecule has 0 amide bonds. The van der Waals surface area contributed by atoms with E-state index in [1.54, 1.807) is 17.8 Å². The second kappa shape index (κ2) is 4.78. The van der Waals surface area contributed by atoms with E-state index in [-0.39, 0.29) is 0 Å². The van der Waals surface area contributed by atoms with E-state index >= 15 is 0 Å². The Morgan fingerprint density at radius 3 is 2.78 bits per heavy atom. The van der Waals surface area contributed by atoms with E-state index in [4.69, 9.17) is 0 Å². The van der Waals surface area contributed by atoms with Crippen LogP contribution >= 0.6 is 15.9 Å². The van der Waals surface area contributed by atoms with E-state index in [2.05, 4.69) is 26.0 Å². The highest BCUT2D eigenvalue weighted by atomic mass is 79.9. The van der Waals surface area contributed by atoms with Crippen molar-refractivity contribution in [2.24, 2.45) is 0 Å². The lowest BCUT2D eigenvalue weighted by atomic mass is 9.94. The van der Waals surface area contributed by atoms with E-state index in [1.807, 2.05) is 6.92 Å². The summed E-state index contributed by atoms with van der Waals surface area (Å²) in [6.07, 6.45) is 4.16. The fourth-order valence-electron chi connectivity index (χ4n) is 1.90. The molecule has 1 atom stereocenters. The molecule has 0 saturated heterocycles. The number of aliphatic hydroxyl groups is 1. The van der Waals surface area contributed by atoms with Crippen molar-refractivity contribution in [2.45, 2.75) is 26.0 Å². The zero-order valence-electron chi connectivity index (χ0n) is 10.1. The summed E-state index contributed by atoms with van der Waals surface area (Å²) in [7, 11) is 0. The molecule has 2 heterocycles. The second-order valence-corrected chi connectivity index (χ2v) is 4.98. The van der Waals surface area contributed by atoms with Gasteiger partial charge in [-0.3, -0.25) is 9.67 Å². The van der Waals surface area contributed by atoms with E-state index < -0.39 is 11.4 Å². The second-order valence-electron chi connectivity index (χ2n) is 4.12. The number of hydrogen-bond donors (Lipinski definition) is 1. The van der Waals surface area contributed by atoms with Crippen LogP contribution in [-0.2, 0) is 12.1 Å². The van der Waals surface area contributed by atoms with Crippen LogP contribution in [0.2, 0.25) is 0 Å². The highest BCUT2D eigenvalue weighted by Crippen LogP contribution is 2.33. The van der Waals surface area contributed by atoms with Crippen molar-refractivity contribution in [1.82, 2.24) is 14.8 Å². The van der Waals surface area contributed by atoms with E-state index in [0.717, 1.165) is 6.20 Å². The lowest BCUT2D eigenvalue weighted by Crippen LogP contribution is -2.27. The third kappa shape index (κ3) is 2.18. The summed E-state index contributed by atoms with van der Waals surface area (Å²) < 4.78 is 15.6. The number of rotatable bonds is 3. The van der Waals surface area contributed by atoms with E-state index in [0.29, 0.717) is 22.3 Å². The molecule has 0 spiro atoms.